The largest absolute Gasteiger partial charge is 0.268 e. The molecule has 2 aromatic carbocycles. The molecule has 3 rings (SSSR count). The van der Waals surface area contributed by atoms with Gasteiger partial charge in [-0.15, -0.1) is 0 Å². The molecule has 0 atom stereocenters. The van der Waals surface area contributed by atoms with Gasteiger partial charge < -0.3 is 0 Å². The van der Waals surface area contributed by atoms with E-state index in [1.165, 1.54) is 23.1 Å². The molecule has 1 aliphatic heterocycles. The Morgan fingerprint density at radius 2 is 1.37 bits per heavy atom. The van der Waals surface area contributed by atoms with Crippen molar-refractivity contribution in [3.8, 4) is 0 Å². The lowest BCUT2D eigenvalue weighted by molar-refractivity contribution is 0.0925. The maximum atomic E-state index is 13.1. The third-order valence-electron chi connectivity index (χ3n) is 4.75. The molecule has 0 aliphatic carbocycles. The maximum Gasteiger partial charge on any atom is 0.266 e. The molecule has 1 aliphatic rings. The first kappa shape index (κ1) is 19.3. The van der Waals surface area contributed by atoms with Gasteiger partial charge in [-0.05, 0) is 41.2 Å². The van der Waals surface area contributed by atoms with Gasteiger partial charge in [0, 0.05) is 0 Å². The number of amides is 2. The summed E-state index contributed by atoms with van der Waals surface area (Å²) < 4.78 is 23.3. The zero-order valence-electron chi connectivity index (χ0n) is 15.7. The van der Waals surface area contributed by atoms with Gasteiger partial charge in [-0.2, -0.15) is 0 Å². The third kappa shape index (κ3) is 3.17. The van der Waals surface area contributed by atoms with E-state index in [1.807, 2.05) is 45.9 Å². The first-order chi connectivity index (χ1) is 12.5. The minimum Gasteiger partial charge on any atom is -0.268 e. The molecule has 0 aromatic heterocycles. The van der Waals surface area contributed by atoms with Crippen LogP contribution >= 0.6 is 0 Å². The summed E-state index contributed by atoms with van der Waals surface area (Å²) in [6.07, 6.45) is 0. The number of fused-ring (bicyclic) bond motifs is 1. The second-order valence-corrected chi connectivity index (χ2v) is 8.85. The molecule has 1 heterocycles. The zero-order chi connectivity index (χ0) is 20.1. The summed E-state index contributed by atoms with van der Waals surface area (Å²) in [7, 11) is -3.97. The molecule has 2 N–H and O–H groups in total. The molecule has 2 aromatic rings. The van der Waals surface area contributed by atoms with Crippen LogP contribution in [0.25, 0.3) is 0 Å². The molecule has 0 unspecified atom stereocenters. The number of primary sulfonamides is 1. The monoisotopic (exact) mass is 386 g/mol. The Kier molecular flexibility index (Phi) is 4.69. The van der Waals surface area contributed by atoms with Crippen LogP contribution in [0.5, 0.6) is 0 Å². The van der Waals surface area contributed by atoms with E-state index in [1.54, 1.807) is 0 Å². The number of sulfonamides is 1. The molecule has 0 saturated carbocycles. The third-order valence-corrected chi connectivity index (χ3v) is 5.66. The summed E-state index contributed by atoms with van der Waals surface area (Å²) in [5.74, 6) is -0.785. The van der Waals surface area contributed by atoms with E-state index in [9.17, 15) is 18.0 Å². The number of para-hydroxylation sites is 1. The second-order valence-electron chi connectivity index (χ2n) is 7.29. The highest BCUT2D eigenvalue weighted by molar-refractivity contribution is 7.89. The topological polar surface area (TPSA) is 97.5 Å². The Bertz CT molecular complexity index is 1030. The van der Waals surface area contributed by atoms with Gasteiger partial charge in [0.1, 0.15) is 0 Å². The first-order valence-electron chi connectivity index (χ1n) is 8.72. The van der Waals surface area contributed by atoms with E-state index >= 15 is 0 Å². The summed E-state index contributed by atoms with van der Waals surface area (Å²) >= 11 is 0. The number of imide groups is 1. The fourth-order valence-corrected chi connectivity index (χ4v) is 3.91. The molecular formula is C20H22N2O4S. The highest BCUT2D eigenvalue weighted by Gasteiger charge is 2.39. The summed E-state index contributed by atoms with van der Waals surface area (Å²) in [5.41, 5.74) is 2.61. The SMILES string of the molecule is CC(C)c1cccc(C(C)C)c1N1C(=O)c2ccc(S(N)(=O)=O)cc2C1=O. The molecule has 142 valence electrons. The lowest BCUT2D eigenvalue weighted by Crippen LogP contribution is -2.31. The highest BCUT2D eigenvalue weighted by atomic mass is 32.2. The van der Waals surface area contributed by atoms with E-state index in [0.717, 1.165) is 11.1 Å². The fraction of sp³-hybridized carbons (Fsp3) is 0.300. The van der Waals surface area contributed by atoms with Gasteiger partial charge in [-0.25, -0.2) is 18.5 Å². The van der Waals surface area contributed by atoms with Crippen molar-refractivity contribution in [2.24, 2.45) is 5.14 Å². The van der Waals surface area contributed by atoms with Crippen LogP contribution < -0.4 is 10.0 Å². The lowest BCUT2D eigenvalue weighted by Gasteiger charge is -2.25. The number of hydrogen-bond acceptors (Lipinski definition) is 4. The summed E-state index contributed by atoms with van der Waals surface area (Å²) in [5, 5.41) is 5.17. The predicted molar refractivity (Wildman–Crippen MR) is 104 cm³/mol. The van der Waals surface area contributed by atoms with E-state index in [2.05, 4.69) is 0 Å². The molecule has 6 nitrogen and oxygen atoms in total. The van der Waals surface area contributed by atoms with Gasteiger partial charge in [0.15, 0.2) is 0 Å². The van der Waals surface area contributed by atoms with Crippen molar-refractivity contribution in [1.82, 2.24) is 0 Å². The molecule has 27 heavy (non-hydrogen) atoms. The van der Waals surface area contributed by atoms with Gasteiger partial charge in [0.25, 0.3) is 11.8 Å². The van der Waals surface area contributed by atoms with Crippen molar-refractivity contribution >= 4 is 27.5 Å². The van der Waals surface area contributed by atoms with Gasteiger partial charge in [0.2, 0.25) is 10.0 Å². The Morgan fingerprint density at radius 1 is 0.852 bits per heavy atom. The number of carbonyl (C=O) groups excluding carboxylic acids is 2. The molecule has 2 amide bonds. The van der Waals surface area contributed by atoms with Crippen molar-refractivity contribution in [2.45, 2.75) is 44.4 Å². The number of anilines is 1. The van der Waals surface area contributed by atoms with Crippen LogP contribution in [-0.2, 0) is 10.0 Å². The Labute approximate surface area is 159 Å². The lowest BCUT2D eigenvalue weighted by atomic mass is 9.92. The van der Waals surface area contributed by atoms with Crippen LogP contribution in [0, 0.1) is 0 Å². The molecule has 0 saturated heterocycles. The van der Waals surface area contributed by atoms with E-state index in [4.69, 9.17) is 5.14 Å². The zero-order valence-corrected chi connectivity index (χ0v) is 16.5. The number of benzene rings is 2. The van der Waals surface area contributed by atoms with Crippen LogP contribution in [0.4, 0.5) is 5.69 Å². The van der Waals surface area contributed by atoms with Crippen molar-refractivity contribution in [1.29, 1.82) is 0 Å². The number of carbonyl (C=O) groups is 2. The molecule has 0 spiro atoms. The van der Waals surface area contributed by atoms with Gasteiger partial charge in [0.05, 0.1) is 21.7 Å². The van der Waals surface area contributed by atoms with E-state index in [-0.39, 0.29) is 27.9 Å². The van der Waals surface area contributed by atoms with Crippen LogP contribution in [0.3, 0.4) is 0 Å². The molecule has 0 bridgehead atoms. The van der Waals surface area contributed by atoms with Crippen molar-refractivity contribution in [3.63, 3.8) is 0 Å². The van der Waals surface area contributed by atoms with Crippen LogP contribution in [-0.4, -0.2) is 20.2 Å². The van der Waals surface area contributed by atoms with Crippen LogP contribution in [0.2, 0.25) is 0 Å². The Morgan fingerprint density at radius 3 is 1.85 bits per heavy atom. The first-order valence-corrected chi connectivity index (χ1v) is 10.3. The van der Waals surface area contributed by atoms with Gasteiger partial charge >= 0.3 is 0 Å². The normalized spacial score (nSPS) is 14.4. The fourth-order valence-electron chi connectivity index (χ4n) is 3.37. The highest BCUT2D eigenvalue weighted by Crippen LogP contribution is 2.39. The minimum atomic E-state index is -3.97. The average Bonchev–Trinajstić information content (AvgIpc) is 2.83. The Hall–Kier alpha value is -2.51. The number of rotatable bonds is 4. The van der Waals surface area contributed by atoms with Gasteiger partial charge in [-0.3, -0.25) is 9.59 Å². The predicted octanol–water partition coefficient (Wildman–Crippen LogP) is 3.38. The van der Waals surface area contributed by atoms with Crippen LogP contribution in [0.1, 0.15) is 71.4 Å². The second kappa shape index (κ2) is 6.58. The number of nitrogens with zero attached hydrogens (tertiary/aromatic N) is 1. The quantitative estimate of drug-likeness (QED) is 0.815. The maximum absolute atomic E-state index is 13.1. The molecular weight excluding hydrogens is 364 g/mol. The smallest absolute Gasteiger partial charge is 0.266 e. The molecule has 7 heteroatoms. The Balaban J connectivity index is 2.23. The van der Waals surface area contributed by atoms with E-state index in [0.29, 0.717) is 5.69 Å². The summed E-state index contributed by atoms with van der Waals surface area (Å²) in [4.78, 5) is 27.1. The molecule has 0 fully saturated rings. The average molecular weight is 386 g/mol. The van der Waals surface area contributed by atoms with Crippen molar-refractivity contribution in [2.75, 3.05) is 4.90 Å². The molecule has 0 radical (unpaired) electrons. The number of nitrogens with two attached hydrogens (primary N) is 1. The van der Waals surface area contributed by atoms with Crippen molar-refractivity contribution < 1.29 is 18.0 Å². The van der Waals surface area contributed by atoms with E-state index < -0.39 is 21.8 Å². The van der Waals surface area contributed by atoms with Crippen molar-refractivity contribution in [3.05, 3.63) is 58.7 Å². The van der Waals surface area contributed by atoms with Crippen LogP contribution in [0.15, 0.2) is 41.3 Å². The minimum absolute atomic E-state index is 0.0554. The summed E-state index contributed by atoms with van der Waals surface area (Å²) in [6, 6.07) is 9.52. The summed E-state index contributed by atoms with van der Waals surface area (Å²) in [6.45, 7) is 8.00. The number of hydrogen-bond donors (Lipinski definition) is 1. The standard InChI is InChI=1S/C20H22N2O4S/c1-11(2)14-6-5-7-15(12(3)4)18(14)22-19(23)16-9-8-13(27(21,25)26)10-17(16)20(22)24/h5-12H,1-4H3,(H2,21,25,26). The van der Waals surface area contributed by atoms with Gasteiger partial charge in [-0.1, -0.05) is 45.9 Å².